The van der Waals surface area contributed by atoms with Crippen LogP contribution >= 0.6 is 0 Å². The summed E-state index contributed by atoms with van der Waals surface area (Å²) in [5, 5.41) is 2.74. The molecule has 1 aliphatic heterocycles. The van der Waals surface area contributed by atoms with Crippen LogP contribution in [0.1, 0.15) is 51.7 Å². The number of hydrogen-bond donors (Lipinski definition) is 1. The molecule has 1 aliphatic carbocycles. The number of methoxy groups -OCH3 is 1. The minimum atomic E-state index is -1.16. The molecule has 48 heavy (non-hydrogen) atoms. The van der Waals surface area contributed by atoms with E-state index in [9.17, 15) is 23.2 Å². The van der Waals surface area contributed by atoms with Crippen LogP contribution < -0.4 is 20.4 Å². The van der Waals surface area contributed by atoms with Gasteiger partial charge in [-0.15, -0.1) is 0 Å². The summed E-state index contributed by atoms with van der Waals surface area (Å²) in [6.45, 7) is 7.69. The lowest BCUT2D eigenvalue weighted by Gasteiger charge is -2.32. The second kappa shape index (κ2) is 14.1. The molecule has 1 unspecified atom stereocenters. The van der Waals surface area contributed by atoms with E-state index >= 15 is 0 Å². The lowest BCUT2D eigenvalue weighted by Crippen LogP contribution is -2.52. The highest BCUT2D eigenvalue weighted by molar-refractivity contribution is 6.62. The van der Waals surface area contributed by atoms with E-state index in [-0.39, 0.29) is 36.9 Å². The van der Waals surface area contributed by atoms with Crippen LogP contribution in [0.25, 0.3) is 0 Å². The van der Waals surface area contributed by atoms with Crippen molar-refractivity contribution in [3.63, 3.8) is 0 Å². The summed E-state index contributed by atoms with van der Waals surface area (Å²) in [5.74, 6) is -2.25. The molecule has 5 rings (SSSR count). The number of benzene rings is 3. The fourth-order valence-electron chi connectivity index (χ4n) is 5.58. The molecule has 1 heterocycles. The molecule has 3 aromatic carbocycles. The lowest BCUT2D eigenvalue weighted by molar-refractivity contribution is -0.136. The van der Waals surface area contributed by atoms with Gasteiger partial charge in [-0.05, 0) is 93.5 Å². The Morgan fingerprint density at radius 2 is 1.50 bits per heavy atom. The van der Waals surface area contributed by atoms with Crippen molar-refractivity contribution in [2.24, 2.45) is 0 Å². The SMILES string of the molecule is COc1ccc(N(C)C(=O)C(Cc2cc(F)cc(F)c2)NC(=O)CN(C(=O)Cc2ccc(B3OC(C)(C)C(C)(C)O3)cc2)C2CC2)cc1. The van der Waals surface area contributed by atoms with Gasteiger partial charge in [-0.3, -0.25) is 14.4 Å². The third-order valence-corrected chi connectivity index (χ3v) is 9.27. The zero-order chi connectivity index (χ0) is 34.8. The predicted octanol–water partition coefficient (Wildman–Crippen LogP) is 4.20. The molecule has 3 amide bonds. The van der Waals surface area contributed by atoms with Crippen molar-refractivity contribution in [3.8, 4) is 5.75 Å². The van der Waals surface area contributed by atoms with Gasteiger partial charge in [0.05, 0.1) is 31.3 Å². The highest BCUT2D eigenvalue weighted by Crippen LogP contribution is 2.36. The van der Waals surface area contributed by atoms with Gasteiger partial charge in [0.2, 0.25) is 17.7 Å². The second-order valence-electron chi connectivity index (χ2n) is 13.5. The first-order valence-corrected chi connectivity index (χ1v) is 16.1. The van der Waals surface area contributed by atoms with Crippen LogP contribution in [0.5, 0.6) is 5.75 Å². The third-order valence-electron chi connectivity index (χ3n) is 9.27. The third kappa shape index (κ3) is 8.22. The first-order chi connectivity index (χ1) is 22.7. The molecule has 3 aromatic rings. The fourth-order valence-corrected chi connectivity index (χ4v) is 5.58. The Hall–Kier alpha value is -4.29. The molecular weight excluding hydrogens is 619 g/mol. The molecule has 0 aromatic heterocycles. The Balaban J connectivity index is 1.27. The first-order valence-electron chi connectivity index (χ1n) is 16.1. The van der Waals surface area contributed by atoms with Gasteiger partial charge in [-0.2, -0.15) is 0 Å². The van der Waals surface area contributed by atoms with Gasteiger partial charge >= 0.3 is 7.12 Å². The van der Waals surface area contributed by atoms with E-state index in [2.05, 4.69) is 5.32 Å². The predicted molar refractivity (Wildman–Crippen MR) is 179 cm³/mol. The van der Waals surface area contributed by atoms with Gasteiger partial charge in [-0.25, -0.2) is 8.78 Å². The average molecular weight is 662 g/mol. The molecule has 0 bridgehead atoms. The van der Waals surface area contributed by atoms with Crippen LogP contribution in [-0.4, -0.2) is 73.7 Å². The zero-order valence-electron chi connectivity index (χ0n) is 28.2. The van der Waals surface area contributed by atoms with Crippen LogP contribution in [0.4, 0.5) is 14.5 Å². The molecule has 0 radical (unpaired) electrons. The standard InChI is InChI=1S/C36H42BF2N3O6/c1-35(2)36(3,4)48-37(47-35)25-9-7-23(8-10-25)20-33(44)42(29-11-12-29)22-32(43)40-31(19-24-17-26(38)21-27(39)18-24)34(45)41(5)28-13-15-30(46-6)16-14-28/h7-10,13-18,21,29,31H,11-12,19-20,22H2,1-6H3,(H,40,43). The first kappa shape index (κ1) is 35.0. The summed E-state index contributed by atoms with van der Waals surface area (Å²) in [7, 11) is 2.56. The van der Waals surface area contributed by atoms with Crippen molar-refractivity contribution in [1.82, 2.24) is 10.2 Å². The number of hydrogen-bond acceptors (Lipinski definition) is 6. The van der Waals surface area contributed by atoms with Crippen molar-refractivity contribution in [2.75, 3.05) is 25.6 Å². The summed E-state index contributed by atoms with van der Waals surface area (Å²) in [6.07, 6.45) is 1.46. The van der Waals surface area contributed by atoms with Gasteiger partial charge in [-0.1, -0.05) is 24.3 Å². The largest absolute Gasteiger partial charge is 0.497 e. The molecular formula is C36H42BF2N3O6. The molecule has 9 nitrogen and oxygen atoms in total. The van der Waals surface area contributed by atoms with Gasteiger partial charge in [0.25, 0.3) is 0 Å². The molecule has 2 aliphatic rings. The van der Waals surface area contributed by atoms with E-state index in [4.69, 9.17) is 14.0 Å². The Morgan fingerprint density at radius 3 is 2.04 bits per heavy atom. The van der Waals surface area contributed by atoms with Crippen molar-refractivity contribution in [2.45, 2.75) is 76.7 Å². The van der Waals surface area contributed by atoms with Crippen molar-refractivity contribution >= 4 is 36.0 Å². The van der Waals surface area contributed by atoms with Crippen molar-refractivity contribution in [1.29, 1.82) is 0 Å². The van der Waals surface area contributed by atoms with E-state index in [1.165, 1.54) is 16.9 Å². The monoisotopic (exact) mass is 661 g/mol. The highest BCUT2D eigenvalue weighted by atomic mass is 19.1. The number of carbonyl (C=O) groups excluding carboxylic acids is 3. The van der Waals surface area contributed by atoms with Crippen LogP contribution in [0.3, 0.4) is 0 Å². The Morgan fingerprint density at radius 1 is 0.917 bits per heavy atom. The number of carbonyl (C=O) groups is 3. The molecule has 1 saturated heterocycles. The maximum absolute atomic E-state index is 14.0. The maximum Gasteiger partial charge on any atom is 0.494 e. The number of rotatable bonds is 12. The van der Waals surface area contributed by atoms with Crippen molar-refractivity contribution < 1.29 is 37.2 Å². The van der Waals surface area contributed by atoms with Gasteiger partial charge in [0.1, 0.15) is 23.4 Å². The van der Waals surface area contributed by atoms with Crippen LogP contribution in [0.15, 0.2) is 66.7 Å². The summed E-state index contributed by atoms with van der Waals surface area (Å²) in [4.78, 5) is 43.5. The lowest BCUT2D eigenvalue weighted by atomic mass is 9.79. The Bertz CT molecular complexity index is 1610. The number of likely N-dealkylation sites (N-methyl/N-ethyl adjacent to an activating group) is 1. The van der Waals surface area contributed by atoms with E-state index in [1.807, 2.05) is 52.0 Å². The molecule has 0 spiro atoms. The number of anilines is 1. The number of nitrogens with one attached hydrogen (secondary N) is 1. The summed E-state index contributed by atoms with van der Waals surface area (Å²) >= 11 is 0. The number of ether oxygens (including phenoxy) is 1. The number of halogens is 2. The topological polar surface area (TPSA) is 97.4 Å². The molecule has 1 saturated carbocycles. The fraction of sp³-hybridized carbons (Fsp3) is 0.417. The Labute approximate surface area is 280 Å². The molecule has 1 N–H and O–H groups in total. The zero-order valence-corrected chi connectivity index (χ0v) is 28.2. The van der Waals surface area contributed by atoms with E-state index in [1.54, 1.807) is 31.3 Å². The van der Waals surface area contributed by atoms with Crippen LogP contribution in [0.2, 0.25) is 0 Å². The maximum atomic E-state index is 14.0. The summed E-state index contributed by atoms with van der Waals surface area (Å²) in [5.41, 5.74) is 1.41. The summed E-state index contributed by atoms with van der Waals surface area (Å²) in [6, 6.07) is 16.0. The average Bonchev–Trinajstić information content (AvgIpc) is 3.84. The normalized spacial score (nSPS) is 17.0. The van der Waals surface area contributed by atoms with Crippen LogP contribution in [0, 0.1) is 11.6 Å². The summed E-state index contributed by atoms with van der Waals surface area (Å²) < 4.78 is 45.5. The van der Waals surface area contributed by atoms with Gasteiger partial charge in [0.15, 0.2) is 0 Å². The minimum Gasteiger partial charge on any atom is -0.497 e. The van der Waals surface area contributed by atoms with E-state index in [0.717, 1.165) is 42.1 Å². The number of nitrogens with zero attached hydrogens (tertiary/aromatic N) is 2. The number of amides is 3. The van der Waals surface area contributed by atoms with Crippen LogP contribution in [-0.2, 0) is 36.5 Å². The second-order valence-corrected chi connectivity index (χ2v) is 13.5. The highest BCUT2D eigenvalue weighted by Gasteiger charge is 2.51. The van der Waals surface area contributed by atoms with E-state index in [0.29, 0.717) is 11.4 Å². The van der Waals surface area contributed by atoms with Crippen molar-refractivity contribution in [3.05, 3.63) is 89.5 Å². The molecule has 12 heteroatoms. The smallest absolute Gasteiger partial charge is 0.494 e. The molecule has 254 valence electrons. The van der Waals surface area contributed by atoms with E-state index < -0.39 is 47.8 Å². The quantitative estimate of drug-likeness (QED) is 0.293. The Kier molecular flexibility index (Phi) is 10.3. The molecule has 1 atom stereocenters. The minimum absolute atomic E-state index is 0.0819. The molecule has 2 fully saturated rings. The van der Waals surface area contributed by atoms with Gasteiger partial charge in [0, 0.05) is 31.3 Å². The van der Waals surface area contributed by atoms with Gasteiger partial charge < -0.3 is 29.2 Å².